The van der Waals surface area contributed by atoms with Crippen molar-refractivity contribution in [3.8, 4) is 77.9 Å². The van der Waals surface area contributed by atoms with Crippen LogP contribution in [-0.4, -0.2) is 9.97 Å². The average Bonchev–Trinajstić information content (AvgIpc) is 3.69. The van der Waals surface area contributed by atoms with Gasteiger partial charge in [-0.15, -0.1) is 0 Å². The Labute approximate surface area is 363 Å². The molecule has 62 heavy (non-hydrogen) atoms. The van der Waals surface area contributed by atoms with Crippen LogP contribution in [0.4, 0.5) is 0 Å². The minimum absolute atomic E-state index is 0.155. The first-order valence-electron chi connectivity index (χ1n) is 21.7. The van der Waals surface area contributed by atoms with Crippen LogP contribution in [0.5, 0.6) is 0 Å². The van der Waals surface area contributed by atoms with Crippen LogP contribution in [0.3, 0.4) is 0 Å². The Morgan fingerprint density at radius 3 is 0.952 bits per heavy atom. The summed E-state index contributed by atoms with van der Waals surface area (Å²) in [6.07, 6.45) is 3.77. The summed E-state index contributed by atoms with van der Waals surface area (Å²) in [5.74, 6) is 0. The Bertz CT molecular complexity index is 3230. The Morgan fingerprint density at radius 1 is 0.274 bits per heavy atom. The molecule has 2 nitrogen and oxygen atoms in total. The van der Waals surface area contributed by atoms with E-state index in [2.05, 4.69) is 198 Å². The third-order valence-electron chi connectivity index (χ3n) is 14.0. The first kappa shape index (κ1) is 36.4. The molecule has 10 aromatic rings. The second-order valence-corrected chi connectivity index (χ2v) is 18.2. The lowest BCUT2D eigenvalue weighted by atomic mass is 9.79. The van der Waals surface area contributed by atoms with Crippen molar-refractivity contribution in [3.05, 3.63) is 217 Å². The van der Waals surface area contributed by atoms with Crippen LogP contribution in [0, 0.1) is 0 Å². The molecule has 0 radical (unpaired) electrons. The average molecular weight is 793 g/mol. The van der Waals surface area contributed by atoms with Crippen LogP contribution in [0.1, 0.15) is 49.9 Å². The van der Waals surface area contributed by atoms with Gasteiger partial charge in [-0.3, -0.25) is 9.97 Å². The first-order valence-corrected chi connectivity index (χ1v) is 21.7. The summed E-state index contributed by atoms with van der Waals surface area (Å²) < 4.78 is 0. The fraction of sp³-hybridized carbons (Fsp3) is 0.100. The molecule has 0 saturated heterocycles. The molecule has 0 aliphatic heterocycles. The SMILES string of the molecule is CC1(C)c2cc(-c3cccc(-c4cccc5cccnc45)c3)ccc2-c2ccc(-c3ccc4c(c3)C(C)(C)c3cc(-c5cccc(-c6cccc7cccnc67)c5)ccc3-4)cc21. The van der Waals surface area contributed by atoms with E-state index in [1.165, 1.54) is 89.0 Å². The summed E-state index contributed by atoms with van der Waals surface area (Å²) in [4.78, 5) is 9.48. The summed E-state index contributed by atoms with van der Waals surface area (Å²) >= 11 is 0. The number of aromatic nitrogens is 2. The summed E-state index contributed by atoms with van der Waals surface area (Å²) in [6, 6.07) is 67.4. The van der Waals surface area contributed by atoms with E-state index in [1.54, 1.807) is 0 Å². The smallest absolute Gasteiger partial charge is 0.0780 e. The van der Waals surface area contributed by atoms with Crippen LogP contribution < -0.4 is 0 Å². The van der Waals surface area contributed by atoms with E-state index in [1.807, 2.05) is 24.5 Å². The highest BCUT2D eigenvalue weighted by Crippen LogP contribution is 2.53. The van der Waals surface area contributed by atoms with E-state index in [9.17, 15) is 0 Å². The van der Waals surface area contributed by atoms with Crippen LogP contribution in [-0.2, 0) is 10.8 Å². The molecule has 2 aliphatic carbocycles. The van der Waals surface area contributed by atoms with Gasteiger partial charge in [-0.05, 0) is 138 Å². The molecule has 0 fully saturated rings. The van der Waals surface area contributed by atoms with Crippen molar-refractivity contribution in [2.45, 2.75) is 38.5 Å². The number of para-hydroxylation sites is 2. The summed E-state index contributed by atoms with van der Waals surface area (Å²) in [5.41, 5.74) is 24.7. The van der Waals surface area contributed by atoms with Crippen LogP contribution in [0.2, 0.25) is 0 Å². The lowest BCUT2D eigenvalue weighted by molar-refractivity contribution is 0.660. The van der Waals surface area contributed by atoms with Crippen molar-refractivity contribution in [3.63, 3.8) is 0 Å². The molecule has 0 saturated carbocycles. The molecule has 0 bridgehead atoms. The standard InChI is InChI=1S/C60H44N2/c1-59(2)53-33-41(39-13-5-15-45(31-39)47-19-7-11-37-17-9-29-61-57(37)47)21-25-49(53)51-27-23-43(35-55(51)59)44-24-28-52-50-26-22-42(34-54(50)60(3,4)56(52)36-44)40-14-6-16-46(32-40)48-20-8-12-38-18-10-30-62-58(38)48/h5-36H,1-4H3. The van der Waals surface area contributed by atoms with Gasteiger partial charge in [0.25, 0.3) is 0 Å². The first-order chi connectivity index (χ1) is 30.2. The van der Waals surface area contributed by atoms with Crippen molar-refractivity contribution in [1.82, 2.24) is 9.97 Å². The predicted octanol–water partition coefficient (Wildman–Crippen LogP) is 15.7. The third kappa shape index (κ3) is 5.56. The zero-order valence-electron chi connectivity index (χ0n) is 35.4. The van der Waals surface area contributed by atoms with Crippen molar-refractivity contribution >= 4 is 21.8 Å². The summed E-state index contributed by atoms with van der Waals surface area (Å²) in [5, 5.41) is 2.31. The Morgan fingerprint density at radius 2 is 0.581 bits per heavy atom. The number of fused-ring (bicyclic) bond motifs is 8. The molecular formula is C60H44N2. The minimum atomic E-state index is -0.155. The topological polar surface area (TPSA) is 25.8 Å². The molecule has 12 rings (SSSR count). The molecule has 0 spiro atoms. The van der Waals surface area contributed by atoms with E-state index in [0.717, 1.165) is 32.9 Å². The van der Waals surface area contributed by atoms with Gasteiger partial charge in [-0.25, -0.2) is 0 Å². The molecule has 294 valence electrons. The maximum absolute atomic E-state index is 4.74. The van der Waals surface area contributed by atoms with Gasteiger partial charge >= 0.3 is 0 Å². The fourth-order valence-electron chi connectivity index (χ4n) is 10.6. The van der Waals surface area contributed by atoms with Crippen molar-refractivity contribution in [2.24, 2.45) is 0 Å². The van der Waals surface area contributed by atoms with Gasteiger partial charge in [0, 0.05) is 45.1 Å². The normalized spacial score (nSPS) is 14.1. The van der Waals surface area contributed by atoms with E-state index in [-0.39, 0.29) is 10.8 Å². The molecule has 0 atom stereocenters. The van der Waals surface area contributed by atoms with E-state index in [4.69, 9.17) is 9.97 Å². The molecule has 0 amide bonds. The van der Waals surface area contributed by atoms with Gasteiger partial charge in [0.05, 0.1) is 11.0 Å². The van der Waals surface area contributed by atoms with Gasteiger partial charge in [0.1, 0.15) is 0 Å². The lowest BCUT2D eigenvalue weighted by Gasteiger charge is -2.24. The van der Waals surface area contributed by atoms with Crippen molar-refractivity contribution in [2.75, 3.05) is 0 Å². The Balaban J connectivity index is 0.854. The second-order valence-electron chi connectivity index (χ2n) is 18.2. The largest absolute Gasteiger partial charge is 0.256 e. The number of hydrogen-bond donors (Lipinski definition) is 0. The molecule has 2 heteroatoms. The third-order valence-corrected chi connectivity index (χ3v) is 14.0. The molecular weight excluding hydrogens is 749 g/mol. The summed E-state index contributed by atoms with van der Waals surface area (Å²) in [7, 11) is 0. The zero-order valence-corrected chi connectivity index (χ0v) is 35.4. The number of nitrogens with zero attached hydrogens (tertiary/aromatic N) is 2. The van der Waals surface area contributed by atoms with Crippen LogP contribution in [0.25, 0.3) is 99.7 Å². The van der Waals surface area contributed by atoms with E-state index in [0.29, 0.717) is 0 Å². The fourth-order valence-corrected chi connectivity index (χ4v) is 10.6. The van der Waals surface area contributed by atoms with Crippen molar-refractivity contribution in [1.29, 1.82) is 0 Å². The minimum Gasteiger partial charge on any atom is -0.256 e. The monoisotopic (exact) mass is 792 g/mol. The predicted molar refractivity (Wildman–Crippen MR) is 259 cm³/mol. The van der Waals surface area contributed by atoms with Crippen LogP contribution in [0.15, 0.2) is 194 Å². The zero-order chi connectivity index (χ0) is 41.7. The van der Waals surface area contributed by atoms with Crippen molar-refractivity contribution < 1.29 is 0 Å². The number of pyridine rings is 2. The Hall–Kier alpha value is -7.42. The second kappa shape index (κ2) is 13.5. The molecule has 2 heterocycles. The van der Waals surface area contributed by atoms with E-state index >= 15 is 0 Å². The molecule has 2 aromatic heterocycles. The van der Waals surface area contributed by atoms with Gasteiger partial charge in [0.15, 0.2) is 0 Å². The molecule has 8 aromatic carbocycles. The van der Waals surface area contributed by atoms with Gasteiger partial charge in [-0.1, -0.05) is 161 Å². The lowest BCUT2D eigenvalue weighted by Crippen LogP contribution is -2.15. The quantitative estimate of drug-likeness (QED) is 0.173. The number of rotatable bonds is 5. The summed E-state index contributed by atoms with van der Waals surface area (Å²) in [6.45, 7) is 9.55. The maximum Gasteiger partial charge on any atom is 0.0780 e. The molecule has 0 N–H and O–H groups in total. The highest BCUT2D eigenvalue weighted by Gasteiger charge is 2.38. The highest BCUT2D eigenvalue weighted by atomic mass is 14.7. The number of hydrogen-bond acceptors (Lipinski definition) is 2. The van der Waals surface area contributed by atoms with Gasteiger partial charge < -0.3 is 0 Å². The van der Waals surface area contributed by atoms with Gasteiger partial charge in [-0.2, -0.15) is 0 Å². The Kier molecular flexibility index (Phi) is 7.96. The van der Waals surface area contributed by atoms with Gasteiger partial charge in [0.2, 0.25) is 0 Å². The molecule has 2 aliphatic rings. The number of benzene rings is 8. The maximum atomic E-state index is 4.74. The van der Waals surface area contributed by atoms with Crippen LogP contribution >= 0.6 is 0 Å². The highest BCUT2D eigenvalue weighted by molar-refractivity contribution is 5.96. The van der Waals surface area contributed by atoms with E-state index < -0.39 is 0 Å². The molecule has 0 unspecified atom stereocenters.